The SMILES string of the molecule is CS(=O)(=O)n1cc2c(n1)CN([C@@H]1C[C@H](NC(=O)OCc3ccccc3)[C@@H](c3cc(F)ccc3F)[C@@H]3C[C@@H]31)C2. The molecule has 0 spiro atoms. The van der Waals surface area contributed by atoms with Crippen molar-refractivity contribution < 1.29 is 26.7 Å². The highest BCUT2D eigenvalue weighted by Crippen LogP contribution is 2.59. The van der Waals surface area contributed by atoms with E-state index in [-0.39, 0.29) is 36.0 Å². The molecule has 1 aliphatic heterocycles. The fraction of sp³-hybridized carbons (Fsp3) is 0.407. The number of nitrogens with one attached hydrogen (secondary N) is 1. The van der Waals surface area contributed by atoms with Crippen LogP contribution < -0.4 is 5.32 Å². The van der Waals surface area contributed by atoms with E-state index < -0.39 is 33.8 Å². The smallest absolute Gasteiger partial charge is 0.407 e. The molecule has 2 aromatic carbocycles. The number of aromatic nitrogens is 2. The number of rotatable bonds is 6. The van der Waals surface area contributed by atoms with Crippen molar-refractivity contribution in [3.8, 4) is 0 Å². The minimum Gasteiger partial charge on any atom is -0.445 e. The maximum atomic E-state index is 14.9. The van der Waals surface area contributed by atoms with E-state index >= 15 is 0 Å². The Morgan fingerprint density at radius 1 is 1.11 bits per heavy atom. The second-order valence-electron chi connectivity index (χ2n) is 10.5. The van der Waals surface area contributed by atoms with Gasteiger partial charge in [0, 0.05) is 42.9 Å². The van der Waals surface area contributed by atoms with Gasteiger partial charge in [-0.3, -0.25) is 4.90 Å². The Bertz CT molecular complexity index is 1460. The Hall–Kier alpha value is -3.31. The molecule has 1 aromatic heterocycles. The average molecular weight is 543 g/mol. The summed E-state index contributed by atoms with van der Waals surface area (Å²) < 4.78 is 59.3. The van der Waals surface area contributed by atoms with E-state index in [1.807, 2.05) is 30.3 Å². The Labute approximate surface area is 219 Å². The molecule has 5 atom stereocenters. The molecule has 2 saturated carbocycles. The number of halogens is 2. The lowest BCUT2D eigenvalue weighted by atomic mass is 9.77. The molecular formula is C27H28F2N4O4S. The Morgan fingerprint density at radius 3 is 2.63 bits per heavy atom. The number of carbonyl (C=O) groups is 1. The minimum absolute atomic E-state index is 0.0770. The van der Waals surface area contributed by atoms with Crippen molar-refractivity contribution in [2.45, 2.75) is 50.5 Å². The first-order chi connectivity index (χ1) is 18.2. The molecule has 0 saturated heterocycles. The van der Waals surface area contributed by atoms with Gasteiger partial charge in [-0.05, 0) is 54.0 Å². The summed E-state index contributed by atoms with van der Waals surface area (Å²) in [6.45, 7) is 1.14. The first-order valence-electron chi connectivity index (χ1n) is 12.6. The summed E-state index contributed by atoms with van der Waals surface area (Å²) in [5, 5.41) is 7.22. The fourth-order valence-electron chi connectivity index (χ4n) is 6.23. The van der Waals surface area contributed by atoms with Crippen molar-refractivity contribution in [3.63, 3.8) is 0 Å². The predicted molar refractivity (Wildman–Crippen MR) is 134 cm³/mol. The quantitative estimate of drug-likeness (QED) is 0.510. The van der Waals surface area contributed by atoms with Gasteiger partial charge in [0.15, 0.2) is 0 Å². The molecule has 0 radical (unpaired) electrons. The molecule has 0 bridgehead atoms. The van der Waals surface area contributed by atoms with Gasteiger partial charge in [0.2, 0.25) is 0 Å². The zero-order valence-corrected chi connectivity index (χ0v) is 21.6. The van der Waals surface area contributed by atoms with Crippen molar-refractivity contribution in [1.29, 1.82) is 0 Å². The van der Waals surface area contributed by atoms with Crippen LogP contribution in [0.15, 0.2) is 54.7 Å². The van der Waals surface area contributed by atoms with Crippen molar-refractivity contribution in [2.24, 2.45) is 11.8 Å². The molecule has 38 heavy (non-hydrogen) atoms. The number of alkyl carbamates (subject to hydrolysis) is 1. The van der Waals surface area contributed by atoms with E-state index in [1.165, 1.54) is 6.07 Å². The third-order valence-corrected chi connectivity index (χ3v) is 8.87. The Morgan fingerprint density at radius 2 is 1.89 bits per heavy atom. The maximum Gasteiger partial charge on any atom is 0.407 e. The Balaban J connectivity index is 1.22. The largest absolute Gasteiger partial charge is 0.445 e. The summed E-state index contributed by atoms with van der Waals surface area (Å²) >= 11 is 0. The van der Waals surface area contributed by atoms with Crippen LogP contribution >= 0.6 is 0 Å². The van der Waals surface area contributed by atoms with Gasteiger partial charge < -0.3 is 10.1 Å². The van der Waals surface area contributed by atoms with E-state index in [4.69, 9.17) is 4.74 Å². The van der Waals surface area contributed by atoms with Crippen LogP contribution in [0.25, 0.3) is 0 Å². The third kappa shape index (κ3) is 4.80. The molecular weight excluding hydrogens is 514 g/mol. The number of amides is 1. The van der Waals surface area contributed by atoms with Gasteiger partial charge in [-0.15, -0.1) is 0 Å². The number of fused-ring (bicyclic) bond motifs is 2. The molecule has 3 aliphatic rings. The second-order valence-corrected chi connectivity index (χ2v) is 12.4. The van der Waals surface area contributed by atoms with Crippen LogP contribution in [0.3, 0.4) is 0 Å². The average Bonchev–Trinajstić information content (AvgIpc) is 3.40. The first-order valence-corrected chi connectivity index (χ1v) is 14.5. The van der Waals surface area contributed by atoms with Crippen LogP contribution in [-0.2, 0) is 34.5 Å². The van der Waals surface area contributed by atoms with Crippen LogP contribution in [0.1, 0.15) is 41.1 Å². The van der Waals surface area contributed by atoms with Crippen molar-refractivity contribution in [2.75, 3.05) is 6.26 Å². The molecule has 2 fully saturated rings. The highest BCUT2D eigenvalue weighted by Gasteiger charge is 2.57. The molecule has 0 unspecified atom stereocenters. The molecule has 1 N–H and O–H groups in total. The number of hydrogen-bond acceptors (Lipinski definition) is 6. The van der Waals surface area contributed by atoms with E-state index in [9.17, 15) is 22.0 Å². The van der Waals surface area contributed by atoms with Crippen molar-refractivity contribution in [3.05, 3.63) is 88.7 Å². The van der Waals surface area contributed by atoms with Crippen LogP contribution in [-0.4, -0.2) is 46.9 Å². The van der Waals surface area contributed by atoms with E-state index in [2.05, 4.69) is 15.3 Å². The molecule has 2 aliphatic carbocycles. The number of nitrogens with zero attached hydrogens (tertiary/aromatic N) is 3. The summed E-state index contributed by atoms with van der Waals surface area (Å²) in [6, 6.07) is 12.4. The summed E-state index contributed by atoms with van der Waals surface area (Å²) in [7, 11) is -3.46. The van der Waals surface area contributed by atoms with Crippen LogP contribution in [0.4, 0.5) is 13.6 Å². The molecule has 1 amide bonds. The van der Waals surface area contributed by atoms with Gasteiger partial charge in [0.25, 0.3) is 10.0 Å². The molecule has 6 rings (SSSR count). The summed E-state index contributed by atoms with van der Waals surface area (Å²) in [5.74, 6) is -1.05. The Kier molecular flexibility index (Phi) is 6.22. The van der Waals surface area contributed by atoms with Gasteiger partial charge in [-0.2, -0.15) is 9.19 Å². The lowest BCUT2D eigenvalue weighted by Gasteiger charge is -2.40. The number of ether oxygens (including phenoxy) is 1. The van der Waals surface area contributed by atoms with Crippen molar-refractivity contribution in [1.82, 2.24) is 19.4 Å². The third-order valence-electron chi connectivity index (χ3n) is 8.00. The molecule has 8 nitrogen and oxygen atoms in total. The van der Waals surface area contributed by atoms with Gasteiger partial charge in [0.05, 0.1) is 11.9 Å². The molecule has 200 valence electrons. The summed E-state index contributed by atoms with van der Waals surface area (Å²) in [5.41, 5.74) is 2.70. The second kappa shape index (κ2) is 9.46. The highest BCUT2D eigenvalue weighted by atomic mass is 32.2. The van der Waals surface area contributed by atoms with Crippen molar-refractivity contribution >= 4 is 16.1 Å². The number of hydrogen-bond donors (Lipinski definition) is 1. The van der Waals surface area contributed by atoms with Gasteiger partial charge in [-0.1, -0.05) is 30.3 Å². The lowest BCUT2D eigenvalue weighted by molar-refractivity contribution is 0.101. The topological polar surface area (TPSA) is 93.5 Å². The van der Waals surface area contributed by atoms with Crippen LogP contribution in [0.2, 0.25) is 0 Å². The fourth-order valence-corrected chi connectivity index (χ4v) is 6.80. The molecule has 3 aromatic rings. The maximum absolute atomic E-state index is 14.9. The minimum atomic E-state index is -3.46. The lowest BCUT2D eigenvalue weighted by Crippen LogP contribution is -2.49. The standard InChI is InChI=1S/C27H28F2N4O4S/c1-38(35,36)33-13-17-12-32(14-24(17)31-33)25-11-23(30-27(34)37-15-16-5-3-2-4-6-16)26(20-10-19(20)25)21-9-18(28)7-8-22(21)29/h2-9,13,19-20,23,25-26H,10-12,14-15H2,1H3,(H,30,34)/t19-,20+,23-,25+,26+/m0/s1. The molecule has 2 heterocycles. The van der Waals surface area contributed by atoms with E-state index in [1.54, 1.807) is 6.20 Å². The number of carbonyl (C=O) groups excluding carboxylic acids is 1. The normalized spacial score (nSPS) is 26.4. The highest BCUT2D eigenvalue weighted by molar-refractivity contribution is 7.89. The monoisotopic (exact) mass is 542 g/mol. The van der Waals surface area contributed by atoms with Crippen LogP contribution in [0.5, 0.6) is 0 Å². The van der Waals surface area contributed by atoms with E-state index in [0.29, 0.717) is 19.5 Å². The van der Waals surface area contributed by atoms with Gasteiger partial charge >= 0.3 is 6.09 Å². The first kappa shape index (κ1) is 25.0. The van der Waals surface area contributed by atoms with Crippen LogP contribution in [0, 0.1) is 23.5 Å². The molecule has 11 heteroatoms. The number of benzene rings is 2. The van der Waals surface area contributed by atoms with E-state index in [0.717, 1.165) is 45.7 Å². The van der Waals surface area contributed by atoms with Gasteiger partial charge in [-0.25, -0.2) is 22.0 Å². The predicted octanol–water partition coefficient (Wildman–Crippen LogP) is 3.77. The summed E-state index contributed by atoms with van der Waals surface area (Å²) in [4.78, 5) is 15.1. The summed E-state index contributed by atoms with van der Waals surface area (Å²) in [6.07, 6.45) is 3.42. The zero-order chi connectivity index (χ0) is 26.6. The van der Waals surface area contributed by atoms with Gasteiger partial charge in [0.1, 0.15) is 18.2 Å². The zero-order valence-electron chi connectivity index (χ0n) is 20.8.